The first kappa shape index (κ1) is 13.6. The van der Waals surface area contributed by atoms with Gasteiger partial charge in [0.2, 0.25) is 0 Å². The van der Waals surface area contributed by atoms with Gasteiger partial charge >= 0.3 is 0 Å². The van der Waals surface area contributed by atoms with Crippen molar-refractivity contribution in [3.05, 3.63) is 15.6 Å². The highest BCUT2D eigenvalue weighted by atomic mass is 32.1. The van der Waals surface area contributed by atoms with Gasteiger partial charge in [-0.25, -0.2) is 4.98 Å². The Balaban J connectivity index is 1.75. The van der Waals surface area contributed by atoms with Crippen molar-refractivity contribution in [3.8, 4) is 0 Å². The molecular formula is C16H26N2S. The van der Waals surface area contributed by atoms with Crippen LogP contribution in [0.4, 0.5) is 0 Å². The van der Waals surface area contributed by atoms with Gasteiger partial charge in [-0.1, -0.05) is 26.2 Å². The van der Waals surface area contributed by atoms with Crippen molar-refractivity contribution in [2.75, 3.05) is 0 Å². The average Bonchev–Trinajstić information content (AvgIpc) is 2.90. The molecule has 1 N–H and O–H groups in total. The number of rotatable bonds is 7. The topological polar surface area (TPSA) is 24.9 Å². The van der Waals surface area contributed by atoms with Gasteiger partial charge < -0.3 is 5.32 Å². The number of hydrogen-bond donors (Lipinski definition) is 1. The molecule has 0 bridgehead atoms. The molecule has 0 aromatic carbocycles. The maximum atomic E-state index is 4.98. The standard InChI is InChI=1S/C16H26N2S/c1-3-4-5-11-16(2,18-12-9-10-12)15-17-13-7-6-8-14(13)19-15/h12,18H,3-11H2,1-2H3. The van der Waals surface area contributed by atoms with Crippen LogP contribution in [-0.4, -0.2) is 11.0 Å². The molecule has 3 heteroatoms. The van der Waals surface area contributed by atoms with E-state index in [0.717, 1.165) is 6.04 Å². The third-order valence-corrected chi connectivity index (χ3v) is 5.87. The molecular weight excluding hydrogens is 252 g/mol. The summed E-state index contributed by atoms with van der Waals surface area (Å²) in [5.74, 6) is 0. The van der Waals surface area contributed by atoms with Gasteiger partial charge in [0.15, 0.2) is 0 Å². The van der Waals surface area contributed by atoms with Crippen molar-refractivity contribution >= 4 is 11.3 Å². The first-order valence-electron chi connectivity index (χ1n) is 7.98. The van der Waals surface area contributed by atoms with Gasteiger partial charge in [-0.3, -0.25) is 0 Å². The molecule has 0 saturated heterocycles. The van der Waals surface area contributed by atoms with Crippen LogP contribution in [0.15, 0.2) is 0 Å². The Bertz CT molecular complexity index is 414. The van der Waals surface area contributed by atoms with Crippen LogP contribution in [0, 0.1) is 0 Å². The normalized spacial score (nSPS) is 21.4. The second kappa shape index (κ2) is 5.53. The summed E-state index contributed by atoms with van der Waals surface area (Å²) in [6, 6.07) is 0.755. The molecule has 0 amide bonds. The quantitative estimate of drug-likeness (QED) is 0.757. The van der Waals surface area contributed by atoms with Crippen molar-refractivity contribution in [2.45, 2.75) is 83.2 Å². The minimum absolute atomic E-state index is 0.130. The number of nitrogens with one attached hydrogen (secondary N) is 1. The van der Waals surface area contributed by atoms with E-state index in [0.29, 0.717) is 0 Å². The van der Waals surface area contributed by atoms with E-state index in [9.17, 15) is 0 Å². The number of nitrogens with zero attached hydrogens (tertiary/aromatic N) is 1. The van der Waals surface area contributed by atoms with Gasteiger partial charge in [0.05, 0.1) is 11.2 Å². The summed E-state index contributed by atoms with van der Waals surface area (Å²) in [7, 11) is 0. The molecule has 0 aliphatic heterocycles. The van der Waals surface area contributed by atoms with Crippen LogP contribution < -0.4 is 5.32 Å². The predicted molar refractivity (Wildman–Crippen MR) is 81.8 cm³/mol. The Hall–Kier alpha value is -0.410. The third-order valence-electron chi connectivity index (χ3n) is 4.45. The fourth-order valence-corrected chi connectivity index (χ4v) is 4.36. The maximum absolute atomic E-state index is 4.98. The molecule has 1 aromatic rings. The molecule has 106 valence electrons. The zero-order valence-corrected chi connectivity index (χ0v) is 13.1. The van der Waals surface area contributed by atoms with Crippen LogP contribution >= 0.6 is 11.3 Å². The fourth-order valence-electron chi connectivity index (χ4n) is 3.07. The molecule has 0 radical (unpaired) electrons. The predicted octanol–water partition coefficient (Wildman–Crippen LogP) is 4.18. The van der Waals surface area contributed by atoms with Crippen LogP contribution in [0.1, 0.15) is 74.4 Å². The van der Waals surface area contributed by atoms with Crippen molar-refractivity contribution < 1.29 is 0 Å². The Kier molecular flexibility index (Phi) is 3.95. The number of thiazole rings is 1. The lowest BCUT2D eigenvalue weighted by Crippen LogP contribution is -2.41. The summed E-state index contributed by atoms with van der Waals surface area (Å²) in [6.45, 7) is 4.67. The number of aryl methyl sites for hydroxylation is 2. The van der Waals surface area contributed by atoms with E-state index in [-0.39, 0.29) is 5.54 Å². The minimum Gasteiger partial charge on any atom is -0.303 e. The Morgan fingerprint density at radius 3 is 2.84 bits per heavy atom. The summed E-state index contributed by atoms with van der Waals surface area (Å²) in [5, 5.41) is 5.24. The molecule has 3 rings (SSSR count). The molecule has 1 fully saturated rings. The van der Waals surface area contributed by atoms with Crippen molar-refractivity contribution in [1.82, 2.24) is 10.3 Å². The first-order valence-corrected chi connectivity index (χ1v) is 8.79. The van der Waals surface area contributed by atoms with E-state index in [1.54, 1.807) is 4.88 Å². The molecule has 19 heavy (non-hydrogen) atoms. The average molecular weight is 278 g/mol. The summed E-state index contributed by atoms with van der Waals surface area (Å²) >= 11 is 1.98. The van der Waals surface area contributed by atoms with Crippen LogP contribution in [0.3, 0.4) is 0 Å². The molecule has 1 aromatic heterocycles. The van der Waals surface area contributed by atoms with Gasteiger partial charge in [0.1, 0.15) is 5.01 Å². The highest BCUT2D eigenvalue weighted by Gasteiger charge is 2.36. The molecule has 1 unspecified atom stereocenters. The zero-order chi connectivity index (χ0) is 13.3. The van der Waals surface area contributed by atoms with E-state index in [1.165, 1.54) is 68.5 Å². The zero-order valence-electron chi connectivity index (χ0n) is 12.3. The molecule has 1 saturated carbocycles. The lowest BCUT2D eigenvalue weighted by molar-refractivity contribution is 0.322. The van der Waals surface area contributed by atoms with Gasteiger partial charge in [0.25, 0.3) is 0 Å². The summed E-state index contributed by atoms with van der Waals surface area (Å²) in [6.07, 6.45) is 11.7. The second-order valence-electron chi connectivity index (χ2n) is 6.45. The van der Waals surface area contributed by atoms with Crippen molar-refractivity contribution in [2.24, 2.45) is 0 Å². The van der Waals surface area contributed by atoms with E-state index < -0.39 is 0 Å². The molecule has 2 aliphatic rings. The largest absolute Gasteiger partial charge is 0.303 e. The SMILES string of the molecule is CCCCCC(C)(NC1CC1)c1nc2c(s1)CCC2. The monoisotopic (exact) mass is 278 g/mol. The molecule has 0 spiro atoms. The maximum Gasteiger partial charge on any atom is 0.113 e. The number of aromatic nitrogens is 1. The van der Waals surface area contributed by atoms with E-state index in [1.807, 2.05) is 11.3 Å². The van der Waals surface area contributed by atoms with Crippen LogP contribution in [-0.2, 0) is 18.4 Å². The summed E-state index contributed by atoms with van der Waals surface area (Å²) < 4.78 is 0. The van der Waals surface area contributed by atoms with E-state index >= 15 is 0 Å². The molecule has 1 heterocycles. The van der Waals surface area contributed by atoms with Crippen LogP contribution in [0.25, 0.3) is 0 Å². The number of hydrogen-bond acceptors (Lipinski definition) is 3. The Morgan fingerprint density at radius 2 is 2.16 bits per heavy atom. The van der Waals surface area contributed by atoms with Crippen LogP contribution in [0.5, 0.6) is 0 Å². The number of fused-ring (bicyclic) bond motifs is 1. The van der Waals surface area contributed by atoms with E-state index in [2.05, 4.69) is 19.2 Å². The first-order chi connectivity index (χ1) is 9.21. The van der Waals surface area contributed by atoms with Crippen molar-refractivity contribution in [1.29, 1.82) is 0 Å². The lowest BCUT2D eigenvalue weighted by atomic mass is 9.94. The number of unbranched alkanes of at least 4 members (excludes halogenated alkanes) is 2. The second-order valence-corrected chi connectivity index (χ2v) is 7.53. The van der Waals surface area contributed by atoms with Crippen LogP contribution in [0.2, 0.25) is 0 Å². The van der Waals surface area contributed by atoms with Gasteiger partial charge in [-0.15, -0.1) is 11.3 Å². The summed E-state index contributed by atoms with van der Waals surface area (Å²) in [4.78, 5) is 6.54. The Labute approximate surface area is 121 Å². The summed E-state index contributed by atoms with van der Waals surface area (Å²) in [5.41, 5.74) is 1.53. The fraction of sp³-hybridized carbons (Fsp3) is 0.812. The third kappa shape index (κ3) is 3.03. The molecule has 2 aliphatic carbocycles. The van der Waals surface area contributed by atoms with Gasteiger partial charge in [-0.05, 0) is 45.4 Å². The van der Waals surface area contributed by atoms with Gasteiger partial charge in [0, 0.05) is 10.9 Å². The smallest absolute Gasteiger partial charge is 0.113 e. The highest BCUT2D eigenvalue weighted by molar-refractivity contribution is 7.12. The van der Waals surface area contributed by atoms with Gasteiger partial charge in [-0.2, -0.15) is 0 Å². The lowest BCUT2D eigenvalue weighted by Gasteiger charge is -2.29. The van der Waals surface area contributed by atoms with E-state index in [4.69, 9.17) is 4.98 Å². The highest BCUT2D eigenvalue weighted by Crippen LogP contribution is 2.38. The molecule has 1 atom stereocenters. The molecule has 2 nitrogen and oxygen atoms in total. The Morgan fingerprint density at radius 1 is 1.32 bits per heavy atom. The van der Waals surface area contributed by atoms with Crippen molar-refractivity contribution in [3.63, 3.8) is 0 Å². The minimum atomic E-state index is 0.130.